The van der Waals surface area contributed by atoms with E-state index in [4.69, 9.17) is 11.5 Å². The number of nitrogens with one attached hydrogen (secondary N) is 1. The molecule has 128 valence electrons. The summed E-state index contributed by atoms with van der Waals surface area (Å²) in [5.74, 6) is 0.0343. The molecular formula is C17H19N7O. The maximum Gasteiger partial charge on any atom is 0.250 e. The van der Waals surface area contributed by atoms with Gasteiger partial charge in [-0.2, -0.15) is 0 Å². The van der Waals surface area contributed by atoms with Gasteiger partial charge in [0, 0.05) is 12.4 Å². The summed E-state index contributed by atoms with van der Waals surface area (Å²) in [6, 6.07) is 1.87. The molecule has 1 amide bonds. The van der Waals surface area contributed by atoms with Gasteiger partial charge in [-0.25, -0.2) is 15.0 Å². The molecule has 0 saturated heterocycles. The molecule has 8 nitrogen and oxygen atoms in total. The van der Waals surface area contributed by atoms with Crippen molar-refractivity contribution in [1.82, 2.24) is 24.9 Å². The molecule has 1 aliphatic carbocycles. The summed E-state index contributed by atoms with van der Waals surface area (Å²) < 4.78 is 0. The average Bonchev–Trinajstić information content (AvgIpc) is 3.13. The van der Waals surface area contributed by atoms with Crippen LogP contribution >= 0.6 is 0 Å². The van der Waals surface area contributed by atoms with Gasteiger partial charge in [-0.3, -0.25) is 9.78 Å². The third-order valence-corrected chi connectivity index (χ3v) is 3.98. The number of H-pyrrole nitrogens is 1. The SMILES string of the molecule is NC(=O)c1cnccc1C1=CCCCC1.Nc1ncnc2nc[nH]c12. The number of amides is 1. The van der Waals surface area contributed by atoms with Crippen LogP contribution in [0.25, 0.3) is 16.7 Å². The lowest BCUT2D eigenvalue weighted by molar-refractivity contribution is 0.0999. The van der Waals surface area contributed by atoms with Gasteiger partial charge in [-0.15, -0.1) is 0 Å². The largest absolute Gasteiger partial charge is 0.382 e. The van der Waals surface area contributed by atoms with Gasteiger partial charge < -0.3 is 16.5 Å². The number of anilines is 1. The van der Waals surface area contributed by atoms with Crippen LogP contribution in [-0.4, -0.2) is 30.8 Å². The second kappa shape index (κ2) is 7.52. The summed E-state index contributed by atoms with van der Waals surface area (Å²) in [5, 5.41) is 0. The van der Waals surface area contributed by atoms with Gasteiger partial charge in [0.15, 0.2) is 11.5 Å². The number of aromatic nitrogens is 5. The Labute approximate surface area is 144 Å². The van der Waals surface area contributed by atoms with Gasteiger partial charge in [0.05, 0.1) is 11.9 Å². The minimum absolute atomic E-state index is 0.399. The number of pyridine rings is 1. The van der Waals surface area contributed by atoms with E-state index in [1.807, 2.05) is 6.07 Å². The normalized spacial score (nSPS) is 13.7. The summed E-state index contributed by atoms with van der Waals surface area (Å²) in [7, 11) is 0. The number of allylic oxidation sites excluding steroid dienone is 2. The molecule has 0 bridgehead atoms. The number of fused-ring (bicyclic) bond motifs is 1. The van der Waals surface area contributed by atoms with Crippen LogP contribution in [0.2, 0.25) is 0 Å². The number of aromatic amines is 1. The maximum absolute atomic E-state index is 11.2. The van der Waals surface area contributed by atoms with Gasteiger partial charge in [0.2, 0.25) is 0 Å². The Morgan fingerprint density at radius 2 is 2.08 bits per heavy atom. The van der Waals surface area contributed by atoms with Crippen molar-refractivity contribution in [2.24, 2.45) is 5.73 Å². The van der Waals surface area contributed by atoms with Crippen LogP contribution in [0, 0.1) is 0 Å². The zero-order chi connectivity index (χ0) is 17.6. The summed E-state index contributed by atoms with van der Waals surface area (Å²) in [6.45, 7) is 0. The van der Waals surface area contributed by atoms with Crippen molar-refractivity contribution in [1.29, 1.82) is 0 Å². The summed E-state index contributed by atoms with van der Waals surface area (Å²) in [6.07, 6.45) is 12.9. The van der Waals surface area contributed by atoms with Gasteiger partial charge in [-0.05, 0) is 42.9 Å². The van der Waals surface area contributed by atoms with E-state index in [1.54, 1.807) is 12.4 Å². The number of carbonyl (C=O) groups excluding carboxylic acids is 1. The molecule has 3 heterocycles. The molecule has 8 heteroatoms. The minimum atomic E-state index is -0.399. The summed E-state index contributed by atoms with van der Waals surface area (Å²) in [5.41, 5.74) is 14.8. The lowest BCUT2D eigenvalue weighted by Crippen LogP contribution is -2.14. The number of rotatable bonds is 2. The summed E-state index contributed by atoms with van der Waals surface area (Å²) in [4.78, 5) is 29.5. The molecule has 0 unspecified atom stereocenters. The van der Waals surface area contributed by atoms with E-state index >= 15 is 0 Å². The quantitative estimate of drug-likeness (QED) is 0.654. The standard InChI is InChI=1S/C12H14N2O.C5H5N5/c13-12(15)11-8-14-7-6-10(11)9-4-2-1-3-5-9;6-4-3-5(9-1-7-3)10-2-8-4/h4,6-8H,1-3,5H2,(H2,13,15);1-2H,(H3,6,7,8,9,10). The van der Waals surface area contributed by atoms with Gasteiger partial charge in [0.25, 0.3) is 5.91 Å². The van der Waals surface area contributed by atoms with Crippen LogP contribution in [-0.2, 0) is 0 Å². The number of hydrogen-bond donors (Lipinski definition) is 3. The topological polar surface area (TPSA) is 136 Å². The Bertz CT molecular complexity index is 916. The first kappa shape index (κ1) is 16.6. The Hall–Kier alpha value is -3.29. The van der Waals surface area contributed by atoms with Crippen LogP contribution in [0.3, 0.4) is 0 Å². The predicted molar refractivity (Wildman–Crippen MR) is 95.3 cm³/mol. The molecule has 0 saturated carbocycles. The summed E-state index contributed by atoms with van der Waals surface area (Å²) >= 11 is 0. The number of hydrogen-bond acceptors (Lipinski definition) is 6. The van der Waals surface area contributed by atoms with Crippen molar-refractivity contribution in [3.05, 3.63) is 48.3 Å². The van der Waals surface area contributed by atoms with E-state index in [-0.39, 0.29) is 0 Å². The van der Waals surface area contributed by atoms with Gasteiger partial charge in [0.1, 0.15) is 11.8 Å². The Morgan fingerprint density at radius 3 is 2.80 bits per heavy atom. The lowest BCUT2D eigenvalue weighted by atomic mass is 9.91. The zero-order valence-corrected chi connectivity index (χ0v) is 13.6. The fourth-order valence-corrected chi connectivity index (χ4v) is 2.74. The first-order valence-electron chi connectivity index (χ1n) is 7.99. The molecule has 3 aromatic rings. The fraction of sp³-hybridized carbons (Fsp3) is 0.235. The van der Waals surface area contributed by atoms with E-state index in [1.165, 1.54) is 31.1 Å². The molecule has 0 spiro atoms. The molecule has 1 aliphatic rings. The van der Waals surface area contributed by atoms with Crippen molar-refractivity contribution >= 4 is 28.5 Å². The van der Waals surface area contributed by atoms with E-state index in [0.717, 1.165) is 18.4 Å². The first-order valence-corrected chi connectivity index (χ1v) is 7.99. The molecule has 4 rings (SSSR count). The van der Waals surface area contributed by atoms with E-state index in [0.29, 0.717) is 22.5 Å². The minimum Gasteiger partial charge on any atom is -0.382 e. The van der Waals surface area contributed by atoms with Crippen LogP contribution in [0.1, 0.15) is 41.6 Å². The highest BCUT2D eigenvalue weighted by molar-refractivity contribution is 5.97. The maximum atomic E-state index is 11.2. The second-order valence-corrected chi connectivity index (χ2v) is 5.62. The van der Waals surface area contributed by atoms with Crippen molar-refractivity contribution in [2.75, 3.05) is 5.73 Å². The molecule has 0 fully saturated rings. The molecule has 0 radical (unpaired) electrons. The van der Waals surface area contributed by atoms with Crippen molar-refractivity contribution in [3.63, 3.8) is 0 Å². The number of nitrogen functional groups attached to an aromatic ring is 1. The van der Waals surface area contributed by atoms with E-state index < -0.39 is 5.91 Å². The Morgan fingerprint density at radius 1 is 1.20 bits per heavy atom. The molecule has 0 aromatic carbocycles. The van der Waals surface area contributed by atoms with Crippen LogP contribution in [0.15, 0.2) is 37.2 Å². The van der Waals surface area contributed by atoms with Gasteiger partial charge >= 0.3 is 0 Å². The molecule has 0 aliphatic heterocycles. The molecule has 25 heavy (non-hydrogen) atoms. The highest BCUT2D eigenvalue weighted by Crippen LogP contribution is 2.28. The number of nitrogens with zero attached hydrogens (tertiary/aromatic N) is 4. The van der Waals surface area contributed by atoms with Crippen LogP contribution in [0.4, 0.5) is 5.82 Å². The molecule has 0 atom stereocenters. The molecule has 5 N–H and O–H groups in total. The lowest BCUT2D eigenvalue weighted by Gasteiger charge is -2.14. The highest BCUT2D eigenvalue weighted by atomic mass is 16.1. The second-order valence-electron chi connectivity index (χ2n) is 5.62. The smallest absolute Gasteiger partial charge is 0.250 e. The molecule has 3 aromatic heterocycles. The Kier molecular flexibility index (Phi) is 4.98. The number of nitrogens with two attached hydrogens (primary N) is 2. The third kappa shape index (κ3) is 3.79. The third-order valence-electron chi connectivity index (χ3n) is 3.98. The van der Waals surface area contributed by atoms with Crippen molar-refractivity contribution in [3.8, 4) is 0 Å². The monoisotopic (exact) mass is 337 g/mol. The van der Waals surface area contributed by atoms with Crippen molar-refractivity contribution < 1.29 is 4.79 Å². The number of primary amides is 1. The fourth-order valence-electron chi connectivity index (χ4n) is 2.74. The highest BCUT2D eigenvalue weighted by Gasteiger charge is 2.13. The first-order chi connectivity index (χ1) is 12.2. The van der Waals surface area contributed by atoms with E-state index in [2.05, 4.69) is 31.0 Å². The van der Waals surface area contributed by atoms with Crippen LogP contribution < -0.4 is 11.5 Å². The number of carbonyl (C=O) groups is 1. The Balaban J connectivity index is 0.000000157. The van der Waals surface area contributed by atoms with Crippen LogP contribution in [0.5, 0.6) is 0 Å². The van der Waals surface area contributed by atoms with Crippen molar-refractivity contribution in [2.45, 2.75) is 25.7 Å². The number of imidazole rings is 1. The van der Waals surface area contributed by atoms with Gasteiger partial charge in [-0.1, -0.05) is 6.08 Å². The zero-order valence-electron chi connectivity index (χ0n) is 13.6. The predicted octanol–water partition coefficient (Wildman–Crippen LogP) is 2.07. The van der Waals surface area contributed by atoms with E-state index in [9.17, 15) is 4.79 Å². The average molecular weight is 337 g/mol. The molecular weight excluding hydrogens is 318 g/mol.